The predicted octanol–water partition coefficient (Wildman–Crippen LogP) is 2.10. The molecule has 1 aromatic heterocycles. The molecule has 0 amide bonds. The average Bonchev–Trinajstić information content (AvgIpc) is 2.86. The summed E-state index contributed by atoms with van der Waals surface area (Å²) in [5, 5.41) is 9.14. The van der Waals surface area contributed by atoms with Crippen LogP contribution in [0.1, 0.15) is 18.0 Å². The minimum Gasteiger partial charge on any atom is -0.396 e. The Bertz CT molecular complexity index is 595. The lowest BCUT2D eigenvalue weighted by Crippen LogP contribution is -2.27. The van der Waals surface area contributed by atoms with Crippen molar-refractivity contribution in [1.29, 1.82) is 0 Å². The normalized spacial score (nSPS) is 23.0. The van der Waals surface area contributed by atoms with Crippen molar-refractivity contribution in [3.8, 4) is 0 Å². The zero-order chi connectivity index (χ0) is 14.0. The highest BCUT2D eigenvalue weighted by Crippen LogP contribution is 2.30. The van der Waals surface area contributed by atoms with Gasteiger partial charge < -0.3 is 10.8 Å². The van der Waals surface area contributed by atoms with Crippen molar-refractivity contribution < 1.29 is 5.11 Å². The fourth-order valence-corrected chi connectivity index (χ4v) is 2.81. The Morgan fingerprint density at radius 1 is 1.63 bits per heavy atom. The number of hydrogen-bond donors (Lipinski definition) is 2. The molecular formula is C12H13I2N3O2. The fraction of sp³-hybridized carbons (Fsp3) is 0.333. The molecule has 5 nitrogen and oxygen atoms in total. The number of aliphatic hydroxyl groups excluding tert-OH is 1. The van der Waals surface area contributed by atoms with E-state index in [1.807, 2.05) is 16.2 Å². The van der Waals surface area contributed by atoms with E-state index < -0.39 is 0 Å². The first-order valence-electron chi connectivity index (χ1n) is 5.71. The molecular weight excluding hydrogens is 472 g/mol. The smallest absolute Gasteiger partial charge is 0.350 e. The number of aromatic nitrogens is 2. The second-order valence-corrected chi connectivity index (χ2v) is 6.10. The number of halogens is 2. The molecule has 2 atom stereocenters. The third-order valence-corrected chi connectivity index (χ3v) is 5.78. The van der Waals surface area contributed by atoms with Crippen molar-refractivity contribution in [2.24, 2.45) is 5.92 Å². The van der Waals surface area contributed by atoms with Gasteiger partial charge in [0.25, 0.3) is 0 Å². The van der Waals surface area contributed by atoms with Crippen LogP contribution in [0.25, 0.3) is 3.58 Å². The second kappa shape index (κ2) is 6.35. The zero-order valence-corrected chi connectivity index (χ0v) is 14.3. The number of rotatable bonds is 3. The summed E-state index contributed by atoms with van der Waals surface area (Å²) in [5.41, 5.74) is 6.19. The maximum Gasteiger partial charge on any atom is 0.350 e. The van der Waals surface area contributed by atoms with Crippen LogP contribution in [0.2, 0.25) is 0 Å². The van der Waals surface area contributed by atoms with Crippen LogP contribution >= 0.6 is 45.2 Å². The minimum atomic E-state index is -0.354. The van der Waals surface area contributed by atoms with Gasteiger partial charge in [-0.2, -0.15) is 4.98 Å². The van der Waals surface area contributed by atoms with Gasteiger partial charge in [-0.3, -0.25) is 4.57 Å². The number of nitrogens with two attached hydrogens (primary N) is 1. The van der Waals surface area contributed by atoms with Crippen LogP contribution in [0.4, 0.5) is 5.82 Å². The molecule has 1 heterocycles. The molecule has 0 spiro atoms. The van der Waals surface area contributed by atoms with E-state index in [0.717, 1.165) is 9.14 Å². The topological polar surface area (TPSA) is 81.1 Å². The molecule has 2 unspecified atom stereocenters. The lowest BCUT2D eigenvalue weighted by molar-refractivity contribution is 0.243. The Morgan fingerprint density at radius 3 is 2.95 bits per heavy atom. The van der Waals surface area contributed by atoms with Crippen molar-refractivity contribution in [2.45, 2.75) is 12.5 Å². The van der Waals surface area contributed by atoms with Gasteiger partial charge in [-0.25, -0.2) is 4.79 Å². The summed E-state index contributed by atoms with van der Waals surface area (Å²) in [6.07, 6.45) is 6.33. The third-order valence-electron chi connectivity index (χ3n) is 3.08. The Kier molecular flexibility index (Phi) is 5.01. The first-order valence-corrected chi connectivity index (χ1v) is 8.03. The van der Waals surface area contributed by atoms with Crippen LogP contribution in [-0.2, 0) is 0 Å². The van der Waals surface area contributed by atoms with E-state index in [4.69, 9.17) is 10.8 Å². The van der Waals surface area contributed by atoms with E-state index >= 15 is 0 Å². The highest BCUT2D eigenvalue weighted by molar-refractivity contribution is 14.1. The van der Waals surface area contributed by atoms with E-state index in [9.17, 15) is 4.79 Å². The minimum absolute atomic E-state index is 0.0603. The van der Waals surface area contributed by atoms with Gasteiger partial charge in [0, 0.05) is 27.9 Å². The summed E-state index contributed by atoms with van der Waals surface area (Å²) in [6.45, 7) is 0.0994. The van der Waals surface area contributed by atoms with Crippen LogP contribution in [0.15, 0.2) is 27.2 Å². The predicted molar refractivity (Wildman–Crippen MR) is 92.3 cm³/mol. The molecule has 0 aliphatic heterocycles. The lowest BCUT2D eigenvalue weighted by atomic mass is 10.1. The van der Waals surface area contributed by atoms with Gasteiger partial charge in [0.15, 0.2) is 0 Å². The van der Waals surface area contributed by atoms with Crippen molar-refractivity contribution in [3.63, 3.8) is 0 Å². The SMILES string of the molecule is Nc1nc(=O)n(C2C=CC(CO)C2)cc1C(I)=CI. The molecule has 0 bridgehead atoms. The Balaban J connectivity index is 2.42. The highest BCUT2D eigenvalue weighted by atomic mass is 127. The molecule has 0 saturated heterocycles. The average molecular weight is 485 g/mol. The van der Waals surface area contributed by atoms with Gasteiger partial charge in [-0.15, -0.1) is 0 Å². The van der Waals surface area contributed by atoms with E-state index in [2.05, 4.69) is 50.2 Å². The first-order chi connectivity index (χ1) is 9.06. The van der Waals surface area contributed by atoms with Crippen molar-refractivity contribution >= 4 is 54.6 Å². The Morgan fingerprint density at radius 2 is 2.37 bits per heavy atom. The number of nitrogen functional groups attached to an aromatic ring is 1. The van der Waals surface area contributed by atoms with Crippen molar-refractivity contribution in [1.82, 2.24) is 9.55 Å². The lowest BCUT2D eigenvalue weighted by Gasteiger charge is -2.15. The van der Waals surface area contributed by atoms with Crippen LogP contribution < -0.4 is 11.4 Å². The van der Waals surface area contributed by atoms with Gasteiger partial charge in [0.2, 0.25) is 0 Å². The quantitative estimate of drug-likeness (QED) is 0.508. The largest absolute Gasteiger partial charge is 0.396 e. The molecule has 0 radical (unpaired) electrons. The fourth-order valence-electron chi connectivity index (χ4n) is 2.06. The van der Waals surface area contributed by atoms with Gasteiger partial charge in [-0.1, -0.05) is 34.7 Å². The molecule has 0 saturated carbocycles. The summed E-state index contributed by atoms with van der Waals surface area (Å²) < 4.78 is 4.41. The molecule has 1 aliphatic carbocycles. The number of aliphatic hydroxyl groups is 1. The summed E-state index contributed by atoms with van der Waals surface area (Å²) >= 11 is 4.28. The van der Waals surface area contributed by atoms with Gasteiger partial charge in [0.05, 0.1) is 6.04 Å². The summed E-state index contributed by atoms with van der Waals surface area (Å²) in [4.78, 5) is 15.8. The Labute approximate surface area is 137 Å². The summed E-state index contributed by atoms with van der Waals surface area (Å²) in [6, 6.07) is -0.0603. The van der Waals surface area contributed by atoms with Gasteiger partial charge in [-0.05, 0) is 33.1 Å². The van der Waals surface area contributed by atoms with Crippen LogP contribution in [0.3, 0.4) is 0 Å². The number of anilines is 1. The molecule has 1 aliphatic rings. The number of hydrogen-bond acceptors (Lipinski definition) is 4. The van der Waals surface area contributed by atoms with E-state index in [1.165, 1.54) is 0 Å². The molecule has 0 aromatic carbocycles. The van der Waals surface area contributed by atoms with E-state index in [1.54, 1.807) is 10.8 Å². The molecule has 19 heavy (non-hydrogen) atoms. The Hall–Kier alpha value is -0.420. The molecule has 7 heteroatoms. The third kappa shape index (κ3) is 3.19. The van der Waals surface area contributed by atoms with Crippen LogP contribution in [0, 0.1) is 5.92 Å². The van der Waals surface area contributed by atoms with Crippen LogP contribution in [0.5, 0.6) is 0 Å². The monoisotopic (exact) mass is 485 g/mol. The molecule has 102 valence electrons. The van der Waals surface area contributed by atoms with Crippen molar-refractivity contribution in [3.05, 3.63) is 38.5 Å². The van der Waals surface area contributed by atoms with E-state index in [-0.39, 0.29) is 30.1 Å². The van der Waals surface area contributed by atoms with Crippen LogP contribution in [-0.4, -0.2) is 21.3 Å². The highest BCUT2D eigenvalue weighted by Gasteiger charge is 2.21. The summed E-state index contributed by atoms with van der Waals surface area (Å²) in [7, 11) is 0. The first kappa shape index (κ1) is 15.0. The zero-order valence-electron chi connectivity index (χ0n) is 9.96. The second-order valence-electron chi connectivity index (χ2n) is 4.32. The maximum absolute atomic E-state index is 11.9. The van der Waals surface area contributed by atoms with Gasteiger partial charge in [0.1, 0.15) is 5.82 Å². The van der Waals surface area contributed by atoms with Gasteiger partial charge >= 0.3 is 5.69 Å². The molecule has 3 N–H and O–H groups in total. The maximum atomic E-state index is 11.9. The number of allylic oxidation sites excluding steroid dienone is 1. The summed E-state index contributed by atoms with van der Waals surface area (Å²) in [5.74, 6) is 0.358. The standard InChI is InChI=1S/C12H13I2N3O2/c13-4-10(14)9-5-17(12(19)16-11(9)15)8-2-1-7(3-8)6-18/h1-2,4-5,7-8,18H,3,6H2,(H2,15,16,19). The van der Waals surface area contributed by atoms with E-state index in [0.29, 0.717) is 6.42 Å². The number of nitrogens with zero attached hydrogens (tertiary/aromatic N) is 2. The van der Waals surface area contributed by atoms with Crippen molar-refractivity contribution in [2.75, 3.05) is 12.3 Å². The molecule has 2 rings (SSSR count). The molecule has 0 fully saturated rings. The molecule has 1 aromatic rings.